The van der Waals surface area contributed by atoms with E-state index < -0.39 is 0 Å². The van der Waals surface area contributed by atoms with Gasteiger partial charge in [0.2, 0.25) is 11.8 Å². The number of benzene rings is 1. The minimum atomic E-state index is -0.170. The summed E-state index contributed by atoms with van der Waals surface area (Å²) >= 11 is 13.2. The van der Waals surface area contributed by atoms with Gasteiger partial charge >= 0.3 is 0 Å². The Morgan fingerprint density at radius 1 is 0.952 bits per heavy atom. The second-order valence-electron chi connectivity index (χ2n) is 5.99. The summed E-state index contributed by atoms with van der Waals surface area (Å²) in [6.07, 6.45) is 0.951. The van der Waals surface area contributed by atoms with Crippen molar-refractivity contribution >= 4 is 61.0 Å². The summed E-state index contributed by atoms with van der Waals surface area (Å²) in [5.41, 5.74) is 0.625. The van der Waals surface area contributed by atoms with E-state index in [-0.39, 0.29) is 45.1 Å². The maximum absolute atomic E-state index is 12.8. The minimum Gasteiger partial charge on any atom is -0.274 e. The Balaban J connectivity index is 1.73. The van der Waals surface area contributed by atoms with E-state index in [1.165, 1.54) is 4.90 Å². The number of amides is 2. The molecule has 0 aromatic heterocycles. The summed E-state index contributed by atoms with van der Waals surface area (Å²) in [6.45, 7) is 0. The van der Waals surface area contributed by atoms with Crippen LogP contribution >= 0.6 is 43.5 Å². The highest BCUT2D eigenvalue weighted by Gasteiger charge is 2.66. The molecule has 2 saturated carbocycles. The Kier molecular flexibility index (Phi) is 3.25. The van der Waals surface area contributed by atoms with Crippen molar-refractivity contribution in [3.05, 3.63) is 29.3 Å². The van der Waals surface area contributed by atoms with Gasteiger partial charge in [-0.1, -0.05) is 43.5 Å². The van der Waals surface area contributed by atoms with Gasteiger partial charge in [-0.2, -0.15) is 0 Å². The summed E-state index contributed by atoms with van der Waals surface area (Å²) in [4.78, 5) is 27.4. The summed E-state index contributed by atoms with van der Waals surface area (Å²) in [5.74, 6) is 0.0521. The molecule has 0 N–H and O–H groups in total. The van der Waals surface area contributed by atoms with Gasteiger partial charge in [0.05, 0.1) is 17.5 Å². The number of carbonyl (C=O) groups excluding carboxylic acids is 2. The molecule has 0 radical (unpaired) electrons. The van der Waals surface area contributed by atoms with E-state index >= 15 is 0 Å². The summed E-state index contributed by atoms with van der Waals surface area (Å²) in [7, 11) is 0. The van der Waals surface area contributed by atoms with Gasteiger partial charge in [-0.25, -0.2) is 0 Å². The van der Waals surface area contributed by atoms with Crippen molar-refractivity contribution in [2.75, 3.05) is 4.90 Å². The largest absolute Gasteiger partial charge is 0.274 e. The van der Waals surface area contributed by atoms with E-state index in [1.54, 1.807) is 24.3 Å². The number of halogens is 3. The Labute approximate surface area is 144 Å². The van der Waals surface area contributed by atoms with Crippen LogP contribution in [0.3, 0.4) is 0 Å². The molecule has 1 aromatic carbocycles. The lowest BCUT2D eigenvalue weighted by molar-refractivity contribution is -0.123. The van der Waals surface area contributed by atoms with Crippen molar-refractivity contribution < 1.29 is 9.59 Å². The van der Waals surface area contributed by atoms with Crippen LogP contribution in [-0.2, 0) is 9.59 Å². The normalized spacial score (nSPS) is 41.0. The Morgan fingerprint density at radius 2 is 1.43 bits per heavy atom. The second-order valence-corrected chi connectivity index (χ2v) is 8.54. The molecule has 3 fully saturated rings. The van der Waals surface area contributed by atoms with Gasteiger partial charge < -0.3 is 0 Å². The van der Waals surface area contributed by atoms with Gasteiger partial charge in [0, 0.05) is 14.7 Å². The monoisotopic (exact) mass is 431 g/mol. The highest BCUT2D eigenvalue weighted by atomic mass is 79.9. The molecule has 2 aliphatic carbocycles. The number of imide groups is 1. The molecule has 1 aliphatic heterocycles. The summed E-state index contributed by atoms with van der Waals surface area (Å²) in [5, 5.41) is 0.596. The molecule has 6 heteroatoms. The van der Waals surface area contributed by atoms with Gasteiger partial charge in [0.15, 0.2) is 0 Å². The smallest absolute Gasteiger partial charge is 0.238 e. The number of hydrogen-bond donors (Lipinski definition) is 0. The fraction of sp³-hybridized carbons (Fsp3) is 0.467. The lowest BCUT2D eigenvalue weighted by Gasteiger charge is -2.28. The van der Waals surface area contributed by atoms with Gasteiger partial charge in [-0.3, -0.25) is 14.5 Å². The Bertz CT molecular complexity index is 603. The van der Waals surface area contributed by atoms with Crippen molar-refractivity contribution in [3.63, 3.8) is 0 Å². The van der Waals surface area contributed by atoms with Crippen molar-refractivity contribution in [2.24, 2.45) is 23.7 Å². The van der Waals surface area contributed by atoms with E-state index in [2.05, 4.69) is 31.9 Å². The quantitative estimate of drug-likeness (QED) is 0.501. The van der Waals surface area contributed by atoms with Crippen LogP contribution in [0.4, 0.5) is 5.69 Å². The number of nitrogens with zero attached hydrogens (tertiary/aromatic N) is 1. The molecule has 2 bridgehead atoms. The summed E-state index contributed by atoms with van der Waals surface area (Å²) < 4.78 is 0. The molecule has 0 spiro atoms. The molecule has 2 amide bonds. The lowest BCUT2D eigenvalue weighted by Crippen LogP contribution is -2.37. The van der Waals surface area contributed by atoms with Crippen molar-refractivity contribution in [2.45, 2.75) is 16.1 Å². The molecule has 6 atom stereocenters. The first-order valence-electron chi connectivity index (χ1n) is 6.92. The van der Waals surface area contributed by atoms with Gasteiger partial charge in [-0.15, -0.1) is 0 Å². The molecule has 110 valence electrons. The highest BCUT2D eigenvalue weighted by Crippen LogP contribution is 2.60. The van der Waals surface area contributed by atoms with Crippen LogP contribution in [0.15, 0.2) is 24.3 Å². The molecule has 1 heterocycles. The van der Waals surface area contributed by atoms with E-state index in [4.69, 9.17) is 11.6 Å². The minimum absolute atomic E-state index is 0.0522. The number of anilines is 1. The molecule has 3 nitrogen and oxygen atoms in total. The van der Waals surface area contributed by atoms with Crippen molar-refractivity contribution in [1.29, 1.82) is 0 Å². The van der Waals surface area contributed by atoms with Crippen LogP contribution in [0, 0.1) is 23.7 Å². The molecular weight excluding hydrogens is 421 g/mol. The van der Waals surface area contributed by atoms with Crippen LogP contribution in [-0.4, -0.2) is 21.5 Å². The SMILES string of the molecule is O=C1[C@@H]2[C@H]3C[C@@H]([C@H](Br)[C@@H]3Br)[C@@H]2C(=O)N1c1ccc(Cl)cc1. The van der Waals surface area contributed by atoms with Crippen molar-refractivity contribution in [1.82, 2.24) is 0 Å². The van der Waals surface area contributed by atoms with E-state index in [0.29, 0.717) is 10.7 Å². The fourth-order valence-electron chi connectivity index (χ4n) is 4.19. The zero-order valence-corrected chi connectivity index (χ0v) is 14.8. The molecule has 0 unspecified atom stereocenters. The molecule has 21 heavy (non-hydrogen) atoms. The van der Waals surface area contributed by atoms with Crippen LogP contribution in [0.1, 0.15) is 6.42 Å². The first kappa shape index (κ1) is 14.2. The lowest BCUT2D eigenvalue weighted by atomic mass is 9.81. The molecule has 1 saturated heterocycles. The number of rotatable bonds is 1. The zero-order valence-electron chi connectivity index (χ0n) is 10.9. The maximum Gasteiger partial charge on any atom is 0.238 e. The number of carbonyl (C=O) groups is 2. The van der Waals surface area contributed by atoms with Crippen LogP contribution in [0.2, 0.25) is 5.02 Å². The second kappa shape index (κ2) is 4.80. The third-order valence-corrected chi connectivity index (χ3v) is 8.53. The third kappa shape index (κ3) is 1.83. The average Bonchev–Trinajstić information content (AvgIpc) is 3.06. The van der Waals surface area contributed by atoms with Gasteiger partial charge in [0.25, 0.3) is 0 Å². The van der Waals surface area contributed by atoms with E-state index in [9.17, 15) is 9.59 Å². The summed E-state index contributed by atoms with van der Waals surface area (Å²) in [6, 6.07) is 6.89. The predicted molar refractivity (Wildman–Crippen MR) is 88.0 cm³/mol. The molecule has 1 aromatic rings. The van der Waals surface area contributed by atoms with E-state index in [0.717, 1.165) is 6.42 Å². The van der Waals surface area contributed by atoms with Crippen molar-refractivity contribution in [3.8, 4) is 0 Å². The first-order valence-corrected chi connectivity index (χ1v) is 9.13. The Hall–Kier alpha value is -0.390. The van der Waals surface area contributed by atoms with E-state index in [1.807, 2.05) is 0 Å². The van der Waals surface area contributed by atoms with Gasteiger partial charge in [-0.05, 0) is 42.5 Å². The number of fused-ring (bicyclic) bond motifs is 5. The molecular formula is C15H12Br2ClNO2. The first-order chi connectivity index (χ1) is 10.0. The Morgan fingerprint density at radius 3 is 1.90 bits per heavy atom. The topological polar surface area (TPSA) is 37.4 Å². The average molecular weight is 434 g/mol. The highest BCUT2D eigenvalue weighted by molar-refractivity contribution is 9.12. The number of hydrogen-bond acceptors (Lipinski definition) is 2. The van der Waals surface area contributed by atoms with Crippen LogP contribution in [0.25, 0.3) is 0 Å². The molecule has 3 aliphatic rings. The third-order valence-electron chi connectivity index (χ3n) is 5.07. The molecule has 4 rings (SSSR count). The van der Waals surface area contributed by atoms with Gasteiger partial charge in [0.1, 0.15) is 0 Å². The van der Waals surface area contributed by atoms with Crippen LogP contribution < -0.4 is 4.90 Å². The predicted octanol–water partition coefficient (Wildman–Crippen LogP) is 3.62. The standard InChI is InChI=1S/C15H12Br2ClNO2/c16-12-8-5-9(13(12)17)11-10(8)14(20)19(15(11)21)7-3-1-6(18)2-4-7/h1-4,8-13H,5H2/t8-,9-,10-,11+,12-,13+/m1/s1. The maximum atomic E-state index is 12.8. The fourth-order valence-corrected chi connectivity index (χ4v) is 6.19. The zero-order chi connectivity index (χ0) is 14.9. The van der Waals surface area contributed by atoms with Crippen LogP contribution in [0.5, 0.6) is 0 Å². The number of alkyl halides is 2.